The Bertz CT molecular complexity index is 432. The van der Waals surface area contributed by atoms with Crippen molar-refractivity contribution in [3.05, 3.63) is 23.4 Å². The lowest BCUT2D eigenvalue weighted by molar-refractivity contribution is -0.141. The molecular formula is C10H8ClF3N2. The van der Waals surface area contributed by atoms with Crippen molar-refractivity contribution in [3.8, 4) is 11.8 Å². The summed E-state index contributed by atoms with van der Waals surface area (Å²) in [6, 6.07) is 2.48. The van der Waals surface area contributed by atoms with Crippen LogP contribution in [0.4, 0.5) is 19.0 Å². The molecule has 0 aliphatic heterocycles. The van der Waals surface area contributed by atoms with Crippen molar-refractivity contribution in [2.75, 3.05) is 11.6 Å². The van der Waals surface area contributed by atoms with Gasteiger partial charge in [-0.1, -0.05) is 11.8 Å². The minimum atomic E-state index is -4.56. The van der Waals surface area contributed by atoms with E-state index in [0.29, 0.717) is 6.42 Å². The van der Waals surface area contributed by atoms with Gasteiger partial charge < -0.3 is 5.73 Å². The van der Waals surface area contributed by atoms with Crippen LogP contribution in [0.15, 0.2) is 12.1 Å². The fourth-order valence-corrected chi connectivity index (χ4v) is 1.09. The van der Waals surface area contributed by atoms with Gasteiger partial charge in [0.25, 0.3) is 0 Å². The van der Waals surface area contributed by atoms with Gasteiger partial charge in [0, 0.05) is 12.3 Å². The van der Waals surface area contributed by atoms with E-state index in [1.54, 1.807) is 0 Å². The minimum absolute atomic E-state index is 0.185. The highest BCUT2D eigenvalue weighted by atomic mass is 35.5. The molecule has 0 aliphatic rings. The highest BCUT2D eigenvalue weighted by Gasteiger charge is 2.35. The summed E-state index contributed by atoms with van der Waals surface area (Å²) in [5.41, 5.74) is 3.95. The van der Waals surface area contributed by atoms with Crippen molar-refractivity contribution in [3.63, 3.8) is 0 Å². The number of nitrogens with two attached hydrogens (primary N) is 1. The smallest absolute Gasteiger partial charge is 0.384 e. The Hall–Kier alpha value is -1.41. The Morgan fingerprint density at radius 3 is 2.62 bits per heavy atom. The Morgan fingerprint density at radius 1 is 1.38 bits per heavy atom. The van der Waals surface area contributed by atoms with Crippen LogP contribution in [0.1, 0.15) is 17.7 Å². The third-order valence-corrected chi connectivity index (χ3v) is 1.82. The number of hydrogen-bond donors (Lipinski definition) is 1. The summed E-state index contributed by atoms with van der Waals surface area (Å²) in [5.74, 6) is 4.99. The average molecular weight is 249 g/mol. The maximum Gasteiger partial charge on any atom is 0.434 e. The maximum atomic E-state index is 12.5. The van der Waals surface area contributed by atoms with E-state index < -0.39 is 11.9 Å². The van der Waals surface area contributed by atoms with E-state index in [0.717, 1.165) is 0 Å². The van der Waals surface area contributed by atoms with E-state index in [1.165, 1.54) is 12.1 Å². The minimum Gasteiger partial charge on any atom is -0.384 e. The lowest BCUT2D eigenvalue weighted by atomic mass is 10.2. The van der Waals surface area contributed by atoms with Crippen molar-refractivity contribution < 1.29 is 13.2 Å². The Morgan fingerprint density at radius 2 is 2.06 bits per heavy atom. The molecule has 0 fully saturated rings. The van der Waals surface area contributed by atoms with E-state index in [-0.39, 0.29) is 17.3 Å². The number of rotatable bonds is 1. The van der Waals surface area contributed by atoms with Gasteiger partial charge in [0.1, 0.15) is 5.82 Å². The normalized spacial score (nSPS) is 10.8. The molecule has 16 heavy (non-hydrogen) atoms. The van der Waals surface area contributed by atoms with Crippen LogP contribution in [0.3, 0.4) is 0 Å². The predicted molar refractivity (Wildman–Crippen MR) is 55.9 cm³/mol. The van der Waals surface area contributed by atoms with Gasteiger partial charge in [-0.05, 0) is 12.1 Å². The largest absolute Gasteiger partial charge is 0.434 e. The Kier molecular flexibility index (Phi) is 4.02. The van der Waals surface area contributed by atoms with Crippen molar-refractivity contribution >= 4 is 17.4 Å². The zero-order chi connectivity index (χ0) is 12.2. The molecule has 0 radical (unpaired) electrons. The number of nitrogens with zero attached hydrogens (tertiary/aromatic N) is 1. The standard InChI is InChI=1S/C10H8ClF3N2/c11-6-2-1-3-7-4-5-8(15)16-9(7)10(12,13)14/h4-5H,2,6H2,(H2,15,16). The van der Waals surface area contributed by atoms with Gasteiger partial charge in [-0.2, -0.15) is 13.2 Å². The SMILES string of the molecule is Nc1ccc(C#CCCCl)c(C(F)(F)F)n1. The monoisotopic (exact) mass is 248 g/mol. The second-order valence-electron chi connectivity index (χ2n) is 2.87. The fourth-order valence-electron chi connectivity index (χ4n) is 0.996. The Balaban J connectivity index is 3.15. The first-order chi connectivity index (χ1) is 7.45. The van der Waals surface area contributed by atoms with Gasteiger partial charge in [-0.15, -0.1) is 11.6 Å². The maximum absolute atomic E-state index is 12.5. The number of alkyl halides is 4. The van der Waals surface area contributed by atoms with Crippen LogP contribution >= 0.6 is 11.6 Å². The van der Waals surface area contributed by atoms with E-state index >= 15 is 0 Å². The third-order valence-electron chi connectivity index (χ3n) is 1.63. The zero-order valence-electron chi connectivity index (χ0n) is 8.11. The molecule has 0 atom stereocenters. The lowest BCUT2D eigenvalue weighted by Crippen LogP contribution is -2.12. The van der Waals surface area contributed by atoms with Crippen LogP contribution in [-0.4, -0.2) is 10.9 Å². The van der Waals surface area contributed by atoms with Gasteiger partial charge in [0.15, 0.2) is 5.69 Å². The summed E-state index contributed by atoms with van der Waals surface area (Å²) in [6.07, 6.45) is -4.23. The average Bonchev–Trinajstić information content (AvgIpc) is 2.19. The number of halogens is 4. The van der Waals surface area contributed by atoms with Crippen molar-refractivity contribution in [1.82, 2.24) is 4.98 Å². The molecule has 0 bridgehead atoms. The number of pyridine rings is 1. The number of nitrogen functional groups attached to an aromatic ring is 1. The summed E-state index contributed by atoms with van der Waals surface area (Å²) in [7, 11) is 0. The van der Waals surface area contributed by atoms with Gasteiger partial charge >= 0.3 is 6.18 Å². The van der Waals surface area contributed by atoms with E-state index in [1.807, 2.05) is 0 Å². The molecule has 0 aliphatic carbocycles. The summed E-state index contributed by atoms with van der Waals surface area (Å²) < 4.78 is 37.6. The molecule has 6 heteroatoms. The number of hydrogen-bond acceptors (Lipinski definition) is 2. The first kappa shape index (κ1) is 12.7. The second kappa shape index (κ2) is 5.08. The number of anilines is 1. The molecule has 0 saturated carbocycles. The van der Waals surface area contributed by atoms with E-state index in [2.05, 4.69) is 16.8 Å². The van der Waals surface area contributed by atoms with E-state index in [4.69, 9.17) is 17.3 Å². The molecule has 0 aromatic carbocycles. The quantitative estimate of drug-likeness (QED) is 0.613. The summed E-state index contributed by atoms with van der Waals surface area (Å²) >= 11 is 5.36. The van der Waals surface area contributed by atoms with Crippen LogP contribution in [-0.2, 0) is 6.18 Å². The number of aromatic nitrogens is 1. The van der Waals surface area contributed by atoms with Gasteiger partial charge in [0.2, 0.25) is 0 Å². The molecule has 0 saturated heterocycles. The molecule has 0 spiro atoms. The lowest BCUT2D eigenvalue weighted by Gasteiger charge is -2.08. The molecule has 1 heterocycles. The molecule has 1 rings (SSSR count). The summed E-state index contributed by atoms with van der Waals surface area (Å²) in [4.78, 5) is 3.24. The first-order valence-electron chi connectivity index (χ1n) is 4.33. The molecule has 1 aromatic heterocycles. The second-order valence-corrected chi connectivity index (χ2v) is 3.25. The van der Waals surface area contributed by atoms with Gasteiger partial charge in [-0.25, -0.2) is 4.98 Å². The summed E-state index contributed by atoms with van der Waals surface area (Å²) in [5, 5.41) is 0. The summed E-state index contributed by atoms with van der Waals surface area (Å²) in [6.45, 7) is 0. The molecule has 2 nitrogen and oxygen atoms in total. The van der Waals surface area contributed by atoms with Crippen molar-refractivity contribution in [2.24, 2.45) is 0 Å². The molecule has 0 unspecified atom stereocenters. The van der Waals surface area contributed by atoms with Gasteiger partial charge in [0.05, 0.1) is 5.56 Å². The van der Waals surface area contributed by atoms with Crippen molar-refractivity contribution in [1.29, 1.82) is 0 Å². The first-order valence-corrected chi connectivity index (χ1v) is 4.87. The highest BCUT2D eigenvalue weighted by Crippen LogP contribution is 2.30. The van der Waals surface area contributed by atoms with Gasteiger partial charge in [-0.3, -0.25) is 0 Å². The van der Waals surface area contributed by atoms with E-state index in [9.17, 15) is 13.2 Å². The van der Waals surface area contributed by atoms with Crippen LogP contribution in [0.5, 0.6) is 0 Å². The molecule has 2 N–H and O–H groups in total. The molecular weight excluding hydrogens is 241 g/mol. The zero-order valence-corrected chi connectivity index (χ0v) is 8.86. The fraction of sp³-hybridized carbons (Fsp3) is 0.300. The molecule has 0 amide bonds. The topological polar surface area (TPSA) is 38.9 Å². The van der Waals surface area contributed by atoms with Crippen molar-refractivity contribution in [2.45, 2.75) is 12.6 Å². The van der Waals surface area contributed by atoms with Crippen LogP contribution in [0.25, 0.3) is 0 Å². The Labute approximate surface area is 95.6 Å². The molecule has 1 aromatic rings. The predicted octanol–water partition coefficient (Wildman–Crippen LogP) is 2.66. The van der Waals surface area contributed by atoms with Crippen LogP contribution in [0.2, 0.25) is 0 Å². The van der Waals surface area contributed by atoms with Crippen LogP contribution < -0.4 is 5.73 Å². The third kappa shape index (κ3) is 3.31. The highest BCUT2D eigenvalue weighted by molar-refractivity contribution is 6.18. The molecule has 86 valence electrons. The van der Waals surface area contributed by atoms with Crippen LogP contribution in [0, 0.1) is 11.8 Å².